The Balaban J connectivity index is 1.95. The normalized spacial score (nSPS) is 10.4. The molecule has 2 aromatic carbocycles. The van der Waals surface area contributed by atoms with Crippen LogP contribution in [0.4, 0.5) is 10.1 Å². The topological polar surface area (TPSA) is 55.4 Å². The van der Waals surface area contributed by atoms with E-state index in [1.54, 1.807) is 6.07 Å². The molecular formula is C17H14Cl2FNO3S. The number of amides is 1. The summed E-state index contributed by atoms with van der Waals surface area (Å²) < 4.78 is 18.3. The van der Waals surface area contributed by atoms with Crippen molar-refractivity contribution in [1.29, 1.82) is 0 Å². The molecule has 1 N–H and O–H groups in total. The van der Waals surface area contributed by atoms with Crippen LogP contribution in [-0.2, 0) is 15.3 Å². The number of thioether (sulfide) groups is 1. The first-order valence-electron chi connectivity index (χ1n) is 7.10. The van der Waals surface area contributed by atoms with E-state index in [1.165, 1.54) is 49.2 Å². The van der Waals surface area contributed by atoms with Crippen LogP contribution in [-0.4, -0.2) is 24.7 Å². The Hall–Kier alpha value is -1.76. The highest BCUT2D eigenvalue weighted by Gasteiger charge is 2.12. The number of rotatable bonds is 6. The van der Waals surface area contributed by atoms with Gasteiger partial charge in [-0.25, -0.2) is 9.18 Å². The van der Waals surface area contributed by atoms with Crippen LogP contribution in [0.1, 0.15) is 15.9 Å². The van der Waals surface area contributed by atoms with Gasteiger partial charge in [0.25, 0.3) is 0 Å². The van der Waals surface area contributed by atoms with Crippen LogP contribution < -0.4 is 5.32 Å². The summed E-state index contributed by atoms with van der Waals surface area (Å²) in [5.74, 6) is -0.940. The fourth-order valence-corrected chi connectivity index (χ4v) is 3.30. The van der Waals surface area contributed by atoms with Crippen molar-refractivity contribution < 1.29 is 18.7 Å². The van der Waals surface area contributed by atoms with Gasteiger partial charge in [-0.1, -0.05) is 29.3 Å². The fraction of sp³-hybridized carbons (Fsp3) is 0.176. The lowest BCUT2D eigenvalue weighted by Gasteiger charge is -2.09. The number of carbonyl (C=O) groups is 2. The van der Waals surface area contributed by atoms with Crippen molar-refractivity contribution in [2.75, 3.05) is 18.2 Å². The molecule has 0 spiro atoms. The van der Waals surface area contributed by atoms with Crippen LogP contribution in [0.3, 0.4) is 0 Å². The largest absolute Gasteiger partial charge is 0.465 e. The standard InChI is InChI=1S/C17H14Cl2FNO3S/c1-24-17(23)10-5-6-13(19)15(7-10)21-16(22)9-25-8-11-12(18)3-2-4-14(11)20/h2-7H,8-9H2,1H3,(H,21,22). The second-order valence-electron chi connectivity index (χ2n) is 4.93. The first-order valence-corrected chi connectivity index (χ1v) is 9.01. The van der Waals surface area contributed by atoms with Gasteiger partial charge in [0, 0.05) is 16.3 Å². The van der Waals surface area contributed by atoms with E-state index in [-0.39, 0.29) is 23.0 Å². The molecule has 0 bridgehead atoms. The van der Waals surface area contributed by atoms with Crippen molar-refractivity contribution in [2.45, 2.75) is 5.75 Å². The van der Waals surface area contributed by atoms with Gasteiger partial charge in [0.15, 0.2) is 0 Å². The Morgan fingerprint density at radius 2 is 1.96 bits per heavy atom. The SMILES string of the molecule is COC(=O)c1ccc(Cl)c(NC(=O)CSCc2c(F)cccc2Cl)c1. The molecule has 8 heteroatoms. The number of methoxy groups -OCH3 is 1. The molecule has 1 amide bonds. The van der Waals surface area contributed by atoms with Gasteiger partial charge >= 0.3 is 5.97 Å². The Bertz CT molecular complexity index is 781. The van der Waals surface area contributed by atoms with Crippen LogP contribution in [0, 0.1) is 5.82 Å². The lowest BCUT2D eigenvalue weighted by molar-refractivity contribution is -0.113. The average Bonchev–Trinajstić information content (AvgIpc) is 2.58. The van der Waals surface area contributed by atoms with E-state index in [1.807, 2.05) is 0 Å². The van der Waals surface area contributed by atoms with E-state index in [0.29, 0.717) is 21.3 Å². The zero-order valence-electron chi connectivity index (χ0n) is 13.1. The van der Waals surface area contributed by atoms with E-state index in [9.17, 15) is 14.0 Å². The molecule has 132 valence electrons. The van der Waals surface area contributed by atoms with Crippen molar-refractivity contribution in [3.63, 3.8) is 0 Å². The Morgan fingerprint density at radius 3 is 2.64 bits per heavy atom. The van der Waals surface area contributed by atoms with Gasteiger partial charge in [0.05, 0.1) is 29.1 Å². The molecule has 0 aliphatic heterocycles. The van der Waals surface area contributed by atoms with E-state index in [2.05, 4.69) is 10.1 Å². The molecule has 0 saturated carbocycles. The highest BCUT2D eigenvalue weighted by atomic mass is 35.5. The van der Waals surface area contributed by atoms with Gasteiger partial charge in [-0.05, 0) is 30.3 Å². The highest BCUT2D eigenvalue weighted by molar-refractivity contribution is 7.99. The summed E-state index contributed by atoms with van der Waals surface area (Å²) in [6.07, 6.45) is 0. The van der Waals surface area contributed by atoms with Gasteiger partial charge in [0.1, 0.15) is 5.82 Å². The van der Waals surface area contributed by atoms with Crippen molar-refractivity contribution >= 4 is 52.5 Å². The number of hydrogen-bond donors (Lipinski definition) is 1. The lowest BCUT2D eigenvalue weighted by atomic mass is 10.2. The minimum Gasteiger partial charge on any atom is -0.465 e. The quantitative estimate of drug-likeness (QED) is 0.706. The first kappa shape index (κ1) is 19.6. The van der Waals surface area contributed by atoms with Crippen molar-refractivity contribution in [1.82, 2.24) is 0 Å². The van der Waals surface area contributed by atoms with Crippen LogP contribution in [0.15, 0.2) is 36.4 Å². The number of halogens is 3. The van der Waals surface area contributed by atoms with E-state index in [4.69, 9.17) is 23.2 Å². The summed E-state index contributed by atoms with van der Waals surface area (Å²) in [7, 11) is 1.26. The predicted molar refractivity (Wildman–Crippen MR) is 99.0 cm³/mol. The van der Waals surface area contributed by atoms with Crippen LogP contribution in [0.5, 0.6) is 0 Å². The molecule has 25 heavy (non-hydrogen) atoms. The molecule has 4 nitrogen and oxygen atoms in total. The number of carbonyl (C=O) groups excluding carboxylic acids is 2. The van der Waals surface area contributed by atoms with Crippen LogP contribution in [0.25, 0.3) is 0 Å². The molecule has 0 aliphatic rings. The molecule has 0 saturated heterocycles. The number of benzene rings is 2. The zero-order chi connectivity index (χ0) is 18.4. The predicted octanol–water partition coefficient (Wildman–Crippen LogP) is 4.79. The van der Waals surface area contributed by atoms with Gasteiger partial charge in [-0.3, -0.25) is 4.79 Å². The second-order valence-corrected chi connectivity index (χ2v) is 6.73. The Labute approximate surface area is 158 Å². The summed E-state index contributed by atoms with van der Waals surface area (Å²) in [6.45, 7) is 0. The zero-order valence-corrected chi connectivity index (χ0v) is 15.5. The number of anilines is 1. The summed E-state index contributed by atoms with van der Waals surface area (Å²) in [6, 6.07) is 8.87. The molecule has 0 fully saturated rings. The van der Waals surface area contributed by atoms with Crippen molar-refractivity contribution in [3.8, 4) is 0 Å². The van der Waals surface area contributed by atoms with Crippen LogP contribution >= 0.6 is 35.0 Å². The van der Waals surface area contributed by atoms with E-state index >= 15 is 0 Å². The summed E-state index contributed by atoms with van der Waals surface area (Å²) >= 11 is 13.2. The minimum atomic E-state index is -0.532. The van der Waals surface area contributed by atoms with Gasteiger partial charge < -0.3 is 10.1 Å². The van der Waals surface area contributed by atoms with Crippen molar-refractivity contribution in [2.24, 2.45) is 0 Å². The molecule has 0 unspecified atom stereocenters. The number of hydrogen-bond acceptors (Lipinski definition) is 4. The monoisotopic (exact) mass is 401 g/mol. The summed E-state index contributed by atoms with van der Waals surface area (Å²) in [5.41, 5.74) is 0.930. The van der Waals surface area contributed by atoms with Gasteiger partial charge in [-0.2, -0.15) is 0 Å². The minimum absolute atomic E-state index is 0.0729. The fourth-order valence-electron chi connectivity index (χ4n) is 1.97. The summed E-state index contributed by atoms with van der Waals surface area (Å²) in [4.78, 5) is 23.6. The highest BCUT2D eigenvalue weighted by Crippen LogP contribution is 2.26. The molecular weight excluding hydrogens is 388 g/mol. The van der Waals surface area contributed by atoms with Crippen LogP contribution in [0.2, 0.25) is 10.0 Å². The number of ether oxygens (including phenoxy) is 1. The van der Waals surface area contributed by atoms with Crippen molar-refractivity contribution in [3.05, 3.63) is 63.4 Å². The lowest BCUT2D eigenvalue weighted by Crippen LogP contribution is -2.15. The second kappa shape index (κ2) is 9.08. The molecule has 0 atom stereocenters. The van der Waals surface area contributed by atoms with Gasteiger partial charge in [0.2, 0.25) is 5.91 Å². The summed E-state index contributed by atoms with van der Waals surface area (Å²) in [5, 5.41) is 3.23. The maximum Gasteiger partial charge on any atom is 0.337 e. The number of esters is 1. The Kier molecular flexibility index (Phi) is 7.11. The Morgan fingerprint density at radius 1 is 1.20 bits per heavy atom. The molecule has 0 aromatic heterocycles. The molecule has 0 heterocycles. The van der Waals surface area contributed by atoms with Gasteiger partial charge in [-0.15, -0.1) is 11.8 Å². The molecule has 0 aliphatic carbocycles. The molecule has 0 radical (unpaired) electrons. The molecule has 2 aromatic rings. The third-order valence-electron chi connectivity index (χ3n) is 3.20. The third kappa shape index (κ3) is 5.36. The van der Waals surface area contributed by atoms with E-state index < -0.39 is 11.8 Å². The molecule has 2 rings (SSSR count). The average molecular weight is 402 g/mol. The maximum atomic E-state index is 13.7. The third-order valence-corrected chi connectivity index (χ3v) is 4.85. The smallest absolute Gasteiger partial charge is 0.337 e. The maximum absolute atomic E-state index is 13.7. The van der Waals surface area contributed by atoms with E-state index in [0.717, 1.165) is 0 Å². The number of nitrogens with one attached hydrogen (secondary N) is 1. The first-order chi connectivity index (χ1) is 11.9.